The van der Waals surface area contributed by atoms with Crippen molar-refractivity contribution in [1.29, 1.82) is 0 Å². The lowest BCUT2D eigenvalue weighted by molar-refractivity contribution is 0.366. The van der Waals surface area contributed by atoms with Gasteiger partial charge < -0.3 is 5.32 Å². The first kappa shape index (κ1) is 14.2. The maximum Gasteiger partial charge on any atom is 0.0320 e. The highest BCUT2D eigenvalue weighted by Gasteiger charge is 2.14. The van der Waals surface area contributed by atoms with Crippen LogP contribution in [0.5, 0.6) is 0 Å². The molecule has 1 rings (SSSR count). The molecule has 0 radical (unpaired) electrons. The Kier molecular flexibility index (Phi) is 5.70. The summed E-state index contributed by atoms with van der Waals surface area (Å²) in [6, 6.07) is 9.33. The minimum absolute atomic E-state index is 0.489. The molecular weight excluding hydrogens is 206 g/mol. The third-order valence-corrected chi connectivity index (χ3v) is 3.30. The summed E-state index contributed by atoms with van der Waals surface area (Å²) in [5.41, 5.74) is 2.77. The zero-order valence-corrected chi connectivity index (χ0v) is 12.0. The summed E-state index contributed by atoms with van der Waals surface area (Å²) >= 11 is 0. The monoisotopic (exact) mass is 233 g/mol. The van der Waals surface area contributed by atoms with Gasteiger partial charge in [-0.1, -0.05) is 50.6 Å². The molecule has 0 aromatic heterocycles. The Labute approximate surface area is 107 Å². The Hall–Kier alpha value is -0.820. The molecule has 0 aliphatic carbocycles. The van der Waals surface area contributed by atoms with E-state index in [1.165, 1.54) is 24.0 Å². The smallest absolute Gasteiger partial charge is 0.0320 e. The number of aryl methyl sites for hydroxylation is 1. The first-order valence-corrected chi connectivity index (χ1v) is 6.76. The highest BCUT2D eigenvalue weighted by molar-refractivity contribution is 5.25. The molecule has 0 saturated heterocycles. The number of hydrogen-bond donors (Lipinski definition) is 1. The van der Waals surface area contributed by atoms with Gasteiger partial charge in [-0.2, -0.15) is 0 Å². The average molecular weight is 233 g/mol. The lowest BCUT2D eigenvalue weighted by Crippen LogP contribution is -2.19. The van der Waals surface area contributed by atoms with E-state index < -0.39 is 0 Å². The molecule has 1 nitrogen and oxygen atoms in total. The van der Waals surface area contributed by atoms with E-state index in [9.17, 15) is 0 Å². The molecule has 2 unspecified atom stereocenters. The van der Waals surface area contributed by atoms with E-state index in [-0.39, 0.29) is 0 Å². The van der Waals surface area contributed by atoms with E-state index in [0.29, 0.717) is 6.04 Å². The van der Waals surface area contributed by atoms with Gasteiger partial charge in [0.2, 0.25) is 0 Å². The van der Waals surface area contributed by atoms with Crippen LogP contribution >= 0.6 is 0 Å². The molecule has 0 saturated carbocycles. The summed E-state index contributed by atoms with van der Waals surface area (Å²) in [5.74, 6) is 1.56. The Morgan fingerprint density at radius 3 is 2.35 bits per heavy atom. The molecular formula is C16H27N. The summed E-state index contributed by atoms with van der Waals surface area (Å²) in [5, 5.41) is 3.45. The van der Waals surface area contributed by atoms with Gasteiger partial charge in [-0.25, -0.2) is 0 Å². The molecule has 1 aromatic rings. The maximum atomic E-state index is 3.45. The molecule has 1 heteroatoms. The van der Waals surface area contributed by atoms with Crippen molar-refractivity contribution in [2.45, 2.75) is 46.6 Å². The van der Waals surface area contributed by atoms with Gasteiger partial charge in [-0.05, 0) is 44.2 Å². The molecule has 0 fully saturated rings. The Balaban J connectivity index is 2.65. The van der Waals surface area contributed by atoms with Gasteiger partial charge in [0.05, 0.1) is 0 Å². The van der Waals surface area contributed by atoms with Gasteiger partial charge in [-0.3, -0.25) is 0 Å². The van der Waals surface area contributed by atoms with Gasteiger partial charge in [0.15, 0.2) is 0 Å². The lowest BCUT2D eigenvalue weighted by Gasteiger charge is -2.22. The van der Waals surface area contributed by atoms with Crippen LogP contribution in [0, 0.1) is 18.8 Å². The van der Waals surface area contributed by atoms with Crippen LogP contribution in [-0.2, 0) is 0 Å². The summed E-state index contributed by atoms with van der Waals surface area (Å²) in [6.45, 7) is 9.13. The van der Waals surface area contributed by atoms with Gasteiger partial charge in [-0.15, -0.1) is 0 Å². The van der Waals surface area contributed by atoms with Gasteiger partial charge in [0.1, 0.15) is 0 Å². The van der Waals surface area contributed by atoms with Crippen LogP contribution in [-0.4, -0.2) is 7.05 Å². The normalized spacial score (nSPS) is 14.9. The maximum absolute atomic E-state index is 3.45. The number of hydrogen-bond acceptors (Lipinski definition) is 1. The predicted molar refractivity (Wildman–Crippen MR) is 76.2 cm³/mol. The van der Waals surface area contributed by atoms with E-state index in [1.807, 2.05) is 0 Å². The highest BCUT2D eigenvalue weighted by atomic mass is 14.9. The summed E-state index contributed by atoms with van der Waals surface area (Å²) in [4.78, 5) is 0. The van der Waals surface area contributed by atoms with Gasteiger partial charge in [0, 0.05) is 6.04 Å². The molecule has 0 spiro atoms. The topological polar surface area (TPSA) is 12.0 Å². The van der Waals surface area contributed by atoms with Crippen molar-refractivity contribution in [3.05, 3.63) is 35.4 Å². The first-order chi connectivity index (χ1) is 8.02. The zero-order valence-electron chi connectivity index (χ0n) is 12.0. The molecule has 2 atom stereocenters. The molecule has 1 aromatic carbocycles. The van der Waals surface area contributed by atoms with E-state index in [4.69, 9.17) is 0 Å². The van der Waals surface area contributed by atoms with Crippen molar-refractivity contribution in [3.8, 4) is 0 Å². The van der Waals surface area contributed by atoms with Crippen molar-refractivity contribution in [1.82, 2.24) is 5.32 Å². The fourth-order valence-corrected chi connectivity index (χ4v) is 2.61. The Morgan fingerprint density at radius 1 is 1.12 bits per heavy atom. The molecule has 0 bridgehead atoms. The minimum atomic E-state index is 0.489. The SMILES string of the molecule is CNC(CC(C)CC(C)C)c1cccc(C)c1. The van der Waals surface area contributed by atoms with Crippen LogP contribution in [0.15, 0.2) is 24.3 Å². The number of rotatable bonds is 6. The van der Waals surface area contributed by atoms with Crippen LogP contribution in [0.4, 0.5) is 0 Å². The molecule has 0 aliphatic heterocycles. The van der Waals surface area contributed by atoms with Crippen molar-refractivity contribution in [2.24, 2.45) is 11.8 Å². The van der Waals surface area contributed by atoms with E-state index in [1.54, 1.807) is 0 Å². The summed E-state index contributed by atoms with van der Waals surface area (Å²) in [7, 11) is 2.06. The second kappa shape index (κ2) is 6.80. The van der Waals surface area contributed by atoms with Crippen LogP contribution in [0.1, 0.15) is 50.8 Å². The Morgan fingerprint density at radius 2 is 1.82 bits per heavy atom. The van der Waals surface area contributed by atoms with Gasteiger partial charge in [0.25, 0.3) is 0 Å². The molecule has 17 heavy (non-hydrogen) atoms. The van der Waals surface area contributed by atoms with Crippen LogP contribution in [0.25, 0.3) is 0 Å². The molecule has 0 aliphatic rings. The molecule has 96 valence electrons. The third-order valence-electron chi connectivity index (χ3n) is 3.30. The van der Waals surface area contributed by atoms with Crippen molar-refractivity contribution >= 4 is 0 Å². The average Bonchev–Trinajstić information content (AvgIpc) is 2.24. The number of nitrogens with one attached hydrogen (secondary N) is 1. The lowest BCUT2D eigenvalue weighted by atomic mass is 9.89. The molecule has 1 N–H and O–H groups in total. The predicted octanol–water partition coefficient (Wildman–Crippen LogP) is 4.33. The van der Waals surface area contributed by atoms with Crippen LogP contribution < -0.4 is 5.32 Å². The van der Waals surface area contributed by atoms with Crippen molar-refractivity contribution in [3.63, 3.8) is 0 Å². The molecule has 0 amide bonds. The number of benzene rings is 1. The van der Waals surface area contributed by atoms with Crippen molar-refractivity contribution < 1.29 is 0 Å². The van der Waals surface area contributed by atoms with E-state index >= 15 is 0 Å². The minimum Gasteiger partial charge on any atom is -0.313 e. The van der Waals surface area contributed by atoms with E-state index in [2.05, 4.69) is 64.3 Å². The largest absolute Gasteiger partial charge is 0.313 e. The van der Waals surface area contributed by atoms with Gasteiger partial charge >= 0.3 is 0 Å². The van der Waals surface area contributed by atoms with Crippen LogP contribution in [0.3, 0.4) is 0 Å². The summed E-state index contributed by atoms with van der Waals surface area (Å²) < 4.78 is 0. The molecule has 0 heterocycles. The second-order valence-corrected chi connectivity index (χ2v) is 5.73. The quantitative estimate of drug-likeness (QED) is 0.771. The Bertz CT molecular complexity index is 330. The standard InChI is InChI=1S/C16H27N/c1-12(2)9-14(4)11-16(17-5)15-8-6-7-13(3)10-15/h6-8,10,12,14,16-17H,9,11H2,1-5H3. The fourth-order valence-electron chi connectivity index (χ4n) is 2.61. The van der Waals surface area contributed by atoms with Crippen LogP contribution in [0.2, 0.25) is 0 Å². The fraction of sp³-hybridized carbons (Fsp3) is 0.625. The van der Waals surface area contributed by atoms with E-state index in [0.717, 1.165) is 11.8 Å². The summed E-state index contributed by atoms with van der Waals surface area (Å²) in [6.07, 6.45) is 2.53. The zero-order chi connectivity index (χ0) is 12.8. The third kappa shape index (κ3) is 4.91. The highest BCUT2D eigenvalue weighted by Crippen LogP contribution is 2.25. The first-order valence-electron chi connectivity index (χ1n) is 6.76. The second-order valence-electron chi connectivity index (χ2n) is 5.73. The van der Waals surface area contributed by atoms with Crippen molar-refractivity contribution in [2.75, 3.05) is 7.05 Å².